The van der Waals surface area contributed by atoms with Crippen LogP contribution in [0, 0.1) is 12.3 Å². The Balaban J connectivity index is 2.09. The van der Waals surface area contributed by atoms with E-state index in [9.17, 15) is 29.2 Å². The number of nitrogens with one attached hydrogen (secondary N) is 2. The number of nitrogens with zero attached hydrogens (tertiary/aromatic N) is 1. The summed E-state index contributed by atoms with van der Waals surface area (Å²) in [5.41, 5.74) is -3.49. The first kappa shape index (κ1) is 24.0. The third-order valence-corrected chi connectivity index (χ3v) is 5.33. The van der Waals surface area contributed by atoms with Crippen LogP contribution in [-0.2, 0) is 23.4 Å². The maximum atomic E-state index is 12.2. The fourth-order valence-electron chi connectivity index (χ4n) is 2.70. The first-order valence-corrected chi connectivity index (χ1v) is 10.3. The van der Waals surface area contributed by atoms with E-state index in [1.165, 1.54) is 6.92 Å². The lowest BCUT2D eigenvalue weighted by atomic mass is 9.97. The highest BCUT2D eigenvalue weighted by Crippen LogP contribution is 2.38. The van der Waals surface area contributed by atoms with Gasteiger partial charge in [0.1, 0.15) is 18.2 Å². The highest BCUT2D eigenvalue weighted by Gasteiger charge is 2.55. The van der Waals surface area contributed by atoms with Gasteiger partial charge in [0.25, 0.3) is 13.7 Å². The van der Waals surface area contributed by atoms with Crippen molar-refractivity contribution >= 4 is 14.1 Å². The van der Waals surface area contributed by atoms with Gasteiger partial charge >= 0.3 is 11.7 Å². The van der Waals surface area contributed by atoms with Crippen molar-refractivity contribution in [2.24, 2.45) is 0 Å². The second-order valence-corrected chi connectivity index (χ2v) is 8.08. The number of hydrogen-bond donors (Lipinski definition) is 4. The molecule has 6 atom stereocenters. The fourth-order valence-corrected chi connectivity index (χ4v) is 3.60. The molecule has 1 unspecified atom stereocenters. The van der Waals surface area contributed by atoms with Gasteiger partial charge in [-0.15, -0.1) is 6.42 Å². The number of aromatic amines is 1. The summed E-state index contributed by atoms with van der Waals surface area (Å²) in [6.45, 7) is 4.13. The van der Waals surface area contributed by atoms with Crippen molar-refractivity contribution < 1.29 is 33.6 Å². The van der Waals surface area contributed by atoms with E-state index < -0.39 is 62.1 Å². The molecule has 0 bridgehead atoms. The number of esters is 1. The number of carbonyl (C=O) groups is 1. The van der Waals surface area contributed by atoms with Gasteiger partial charge in [-0.2, -0.15) is 0 Å². The Kier molecular flexibility index (Phi) is 7.76. The number of carbonyl (C=O) groups excluding carboxylic acids is 1. The molecule has 1 aliphatic rings. The molecule has 1 fully saturated rings. The molecule has 2 rings (SSSR count). The van der Waals surface area contributed by atoms with Crippen LogP contribution in [0.4, 0.5) is 0 Å². The summed E-state index contributed by atoms with van der Waals surface area (Å²) in [5.74, 6) is 1.52. The number of aliphatic hydroxyl groups is 2. The summed E-state index contributed by atoms with van der Waals surface area (Å²) in [6, 6.07) is 0.0873. The van der Waals surface area contributed by atoms with E-state index in [0.29, 0.717) is 0 Å². The summed E-state index contributed by atoms with van der Waals surface area (Å²) in [6.07, 6.45) is 1.39. The smallest absolute Gasteiger partial charge is 0.330 e. The highest BCUT2D eigenvalue weighted by molar-refractivity contribution is 7.36. The molecule has 0 radical (unpaired) electrons. The number of rotatable bonds is 8. The second kappa shape index (κ2) is 9.70. The molecule has 0 amide bonds. The fraction of sp³-hybridized carbons (Fsp3) is 0.588. The highest BCUT2D eigenvalue weighted by atomic mass is 31.1. The van der Waals surface area contributed by atoms with Crippen LogP contribution in [0.3, 0.4) is 0 Å². The lowest BCUT2D eigenvalue weighted by Crippen LogP contribution is -2.45. The van der Waals surface area contributed by atoms with Crippen LogP contribution in [0.25, 0.3) is 0 Å². The van der Waals surface area contributed by atoms with Gasteiger partial charge in [-0.25, -0.2) is 9.88 Å². The summed E-state index contributed by atoms with van der Waals surface area (Å²) in [7, 11) is -3.02. The molecule has 4 N–H and O–H groups in total. The zero-order valence-corrected chi connectivity index (χ0v) is 17.5. The summed E-state index contributed by atoms with van der Waals surface area (Å²) >= 11 is 0. The zero-order valence-electron chi connectivity index (χ0n) is 16.5. The van der Waals surface area contributed by atoms with Crippen molar-refractivity contribution in [3.05, 3.63) is 33.1 Å². The number of H-pyrrole nitrogens is 1. The molecule has 0 saturated carbocycles. The Morgan fingerprint density at radius 1 is 1.47 bits per heavy atom. The lowest BCUT2D eigenvalue weighted by molar-refractivity contribution is -0.149. The molecule has 2 heterocycles. The summed E-state index contributed by atoms with van der Waals surface area (Å²) in [5, 5.41) is 23.1. The number of aromatic nitrogens is 2. The Hall–Kier alpha value is -2.26. The molecule has 0 aliphatic carbocycles. The molecule has 166 valence electrons. The van der Waals surface area contributed by atoms with E-state index in [1.807, 2.05) is 4.98 Å². The molecule has 13 heteroatoms. The van der Waals surface area contributed by atoms with Gasteiger partial charge in [0.15, 0.2) is 11.8 Å². The minimum absolute atomic E-state index is 0.355. The monoisotopic (exact) mass is 445 g/mol. The number of aliphatic hydroxyl groups excluding tert-OH is 2. The summed E-state index contributed by atoms with van der Waals surface area (Å²) < 4.78 is 28.7. The Labute approximate surface area is 172 Å². The first-order valence-electron chi connectivity index (χ1n) is 8.97. The Morgan fingerprint density at radius 2 is 2.13 bits per heavy atom. The van der Waals surface area contributed by atoms with Gasteiger partial charge in [0, 0.05) is 12.3 Å². The van der Waals surface area contributed by atoms with Crippen LogP contribution in [-0.4, -0.2) is 62.3 Å². The van der Waals surface area contributed by atoms with Crippen LogP contribution in [0.1, 0.15) is 27.0 Å². The van der Waals surface area contributed by atoms with Crippen molar-refractivity contribution in [2.75, 3.05) is 6.61 Å². The van der Waals surface area contributed by atoms with Gasteiger partial charge in [-0.3, -0.25) is 23.7 Å². The minimum atomic E-state index is -3.02. The number of ether oxygens (including phenoxy) is 2. The standard InChI is InChI=1S/C17H24N3O9P/c1-5-17(8-27-30(26)19-10(4)15(24)28-9(2)3)13(23)12(22)14(29-17)20-7-6-11(21)18-16(20)25/h1,6-7,9-10,12-14,22-23,30H,8H2,2-4H3,(H,19,26)(H,18,21,25)/t10-,12+,13-,14+,17+/m0/s1. The molecule has 0 spiro atoms. The van der Waals surface area contributed by atoms with E-state index in [1.54, 1.807) is 13.8 Å². The van der Waals surface area contributed by atoms with Crippen molar-refractivity contribution in [3.8, 4) is 12.3 Å². The predicted molar refractivity (Wildman–Crippen MR) is 104 cm³/mol. The topological polar surface area (TPSA) is 169 Å². The van der Waals surface area contributed by atoms with E-state index >= 15 is 0 Å². The molecule has 0 aromatic carbocycles. The van der Waals surface area contributed by atoms with Gasteiger partial charge in [0.2, 0.25) is 0 Å². The third kappa shape index (κ3) is 5.26. The quantitative estimate of drug-likeness (QED) is 0.210. The van der Waals surface area contributed by atoms with Crippen LogP contribution < -0.4 is 16.3 Å². The predicted octanol–water partition coefficient (Wildman–Crippen LogP) is -1.50. The minimum Gasteiger partial charge on any atom is -0.462 e. The van der Waals surface area contributed by atoms with Crippen LogP contribution in [0.5, 0.6) is 0 Å². The van der Waals surface area contributed by atoms with Crippen molar-refractivity contribution in [3.63, 3.8) is 0 Å². The molecule has 12 nitrogen and oxygen atoms in total. The molecule has 1 aromatic heterocycles. The average molecular weight is 445 g/mol. The van der Waals surface area contributed by atoms with Crippen LogP contribution >= 0.6 is 8.18 Å². The number of terminal acetylenes is 1. The van der Waals surface area contributed by atoms with E-state index in [4.69, 9.17) is 20.4 Å². The second-order valence-electron chi connectivity index (χ2n) is 6.92. The molecule has 1 saturated heterocycles. The largest absolute Gasteiger partial charge is 0.462 e. The SMILES string of the molecule is C#C[C@]1(CO[PH](=O)N[C@@H](C)C(=O)OC(C)C)O[C@@H](n2ccc(=O)[nH]c2=O)[C@H](O)[C@@H]1O. The molecule has 1 aromatic rings. The summed E-state index contributed by atoms with van der Waals surface area (Å²) in [4.78, 5) is 36.9. The lowest BCUT2D eigenvalue weighted by Gasteiger charge is -2.26. The molecular weight excluding hydrogens is 421 g/mol. The Morgan fingerprint density at radius 3 is 2.70 bits per heavy atom. The molecule has 30 heavy (non-hydrogen) atoms. The van der Waals surface area contributed by atoms with Crippen molar-refractivity contribution in [1.82, 2.24) is 14.6 Å². The number of hydrogen-bond acceptors (Lipinski definition) is 9. The van der Waals surface area contributed by atoms with E-state index in [0.717, 1.165) is 16.8 Å². The van der Waals surface area contributed by atoms with E-state index in [2.05, 4.69) is 11.0 Å². The first-order chi connectivity index (χ1) is 14.0. The van der Waals surface area contributed by atoms with E-state index in [-0.39, 0.29) is 6.10 Å². The maximum Gasteiger partial charge on any atom is 0.330 e. The third-order valence-electron chi connectivity index (χ3n) is 4.25. The average Bonchev–Trinajstić information content (AvgIpc) is 2.91. The zero-order chi connectivity index (χ0) is 22.6. The van der Waals surface area contributed by atoms with Gasteiger partial charge in [0.05, 0.1) is 12.7 Å². The van der Waals surface area contributed by atoms with Gasteiger partial charge in [-0.05, 0) is 20.8 Å². The van der Waals surface area contributed by atoms with Crippen LogP contribution in [0.15, 0.2) is 21.9 Å². The maximum absolute atomic E-state index is 12.2. The van der Waals surface area contributed by atoms with Crippen molar-refractivity contribution in [1.29, 1.82) is 0 Å². The van der Waals surface area contributed by atoms with Gasteiger partial charge < -0.3 is 24.2 Å². The van der Waals surface area contributed by atoms with Crippen molar-refractivity contribution in [2.45, 2.75) is 57.0 Å². The Bertz CT molecular complexity index is 953. The normalized spacial score (nSPS) is 28.1. The van der Waals surface area contributed by atoms with Crippen LogP contribution in [0.2, 0.25) is 0 Å². The molecule has 1 aliphatic heterocycles. The molecular formula is C17H24N3O9P. The van der Waals surface area contributed by atoms with Gasteiger partial charge in [-0.1, -0.05) is 5.92 Å².